The molecule has 2 atom stereocenters. The fraction of sp³-hybridized carbons (Fsp3) is 0.562. The molecular formula is C16H24N2O2. The van der Waals surface area contributed by atoms with Gasteiger partial charge in [-0.2, -0.15) is 0 Å². The molecule has 1 aromatic rings. The zero-order chi connectivity index (χ0) is 14.5. The van der Waals surface area contributed by atoms with Gasteiger partial charge in [-0.3, -0.25) is 4.79 Å². The van der Waals surface area contributed by atoms with Crippen LogP contribution >= 0.6 is 0 Å². The third-order valence-corrected chi connectivity index (χ3v) is 4.30. The molecule has 110 valence electrons. The summed E-state index contributed by atoms with van der Waals surface area (Å²) in [4.78, 5) is 13.7. The van der Waals surface area contributed by atoms with Crippen LogP contribution in [0.15, 0.2) is 24.3 Å². The van der Waals surface area contributed by atoms with Gasteiger partial charge in [0, 0.05) is 6.54 Å². The molecule has 1 fully saturated rings. The van der Waals surface area contributed by atoms with E-state index in [1.165, 1.54) is 5.56 Å². The fourth-order valence-corrected chi connectivity index (χ4v) is 3.11. The van der Waals surface area contributed by atoms with E-state index in [1.54, 1.807) is 0 Å². The summed E-state index contributed by atoms with van der Waals surface area (Å²) in [6, 6.07) is 7.92. The number of nitrogens with zero attached hydrogens (tertiary/aromatic N) is 1. The second-order valence-corrected chi connectivity index (χ2v) is 5.69. The molecule has 2 rings (SSSR count). The monoisotopic (exact) mass is 276 g/mol. The van der Waals surface area contributed by atoms with Gasteiger partial charge in [0.15, 0.2) is 0 Å². The van der Waals surface area contributed by atoms with Crippen LogP contribution in [0.25, 0.3) is 0 Å². The van der Waals surface area contributed by atoms with Gasteiger partial charge in [0.05, 0.1) is 5.92 Å². The van der Waals surface area contributed by atoms with Crippen molar-refractivity contribution in [2.24, 2.45) is 5.73 Å². The highest BCUT2D eigenvalue weighted by Gasteiger charge is 2.25. The number of hydrogen-bond donors (Lipinski definition) is 2. The molecule has 0 bridgehead atoms. The largest absolute Gasteiger partial charge is 0.481 e. The van der Waals surface area contributed by atoms with Crippen LogP contribution in [0, 0.1) is 0 Å². The first-order valence-electron chi connectivity index (χ1n) is 7.33. The van der Waals surface area contributed by atoms with Gasteiger partial charge in [-0.1, -0.05) is 24.3 Å². The van der Waals surface area contributed by atoms with Crippen LogP contribution in [0.3, 0.4) is 0 Å². The lowest BCUT2D eigenvalue weighted by Crippen LogP contribution is -2.23. The molecule has 0 saturated carbocycles. The number of carboxylic acids is 1. The minimum absolute atomic E-state index is 0.152. The van der Waals surface area contributed by atoms with Crippen molar-refractivity contribution >= 4 is 5.97 Å². The number of rotatable bonds is 4. The van der Waals surface area contributed by atoms with Gasteiger partial charge in [-0.25, -0.2) is 0 Å². The number of benzene rings is 1. The molecule has 0 amide bonds. The lowest BCUT2D eigenvalue weighted by Gasteiger charge is -2.22. The highest BCUT2D eigenvalue weighted by atomic mass is 16.4. The third kappa shape index (κ3) is 3.38. The van der Waals surface area contributed by atoms with E-state index in [4.69, 9.17) is 5.73 Å². The van der Waals surface area contributed by atoms with E-state index in [9.17, 15) is 9.90 Å². The van der Waals surface area contributed by atoms with E-state index in [0.29, 0.717) is 5.92 Å². The Labute approximate surface area is 120 Å². The smallest absolute Gasteiger partial charge is 0.312 e. The summed E-state index contributed by atoms with van der Waals surface area (Å²) < 4.78 is 0. The van der Waals surface area contributed by atoms with Crippen LogP contribution in [-0.2, 0) is 4.79 Å². The van der Waals surface area contributed by atoms with Crippen LogP contribution in [0.2, 0.25) is 0 Å². The van der Waals surface area contributed by atoms with Gasteiger partial charge < -0.3 is 15.7 Å². The Morgan fingerprint density at radius 2 is 2.15 bits per heavy atom. The van der Waals surface area contributed by atoms with Crippen molar-refractivity contribution < 1.29 is 9.90 Å². The molecular weight excluding hydrogens is 252 g/mol. The van der Waals surface area contributed by atoms with E-state index in [2.05, 4.69) is 18.0 Å². The Bertz CT molecular complexity index is 462. The minimum Gasteiger partial charge on any atom is -0.481 e. The van der Waals surface area contributed by atoms with E-state index < -0.39 is 11.9 Å². The van der Waals surface area contributed by atoms with Crippen LogP contribution in [0.1, 0.15) is 42.2 Å². The summed E-state index contributed by atoms with van der Waals surface area (Å²) in [5.41, 5.74) is 7.75. The summed E-state index contributed by atoms with van der Waals surface area (Å²) in [6.07, 6.45) is 3.37. The van der Waals surface area contributed by atoms with Gasteiger partial charge in [-0.05, 0) is 56.4 Å². The summed E-state index contributed by atoms with van der Waals surface area (Å²) in [6.45, 7) is 2.34. The van der Waals surface area contributed by atoms with Crippen LogP contribution in [0.5, 0.6) is 0 Å². The summed E-state index contributed by atoms with van der Waals surface area (Å²) in [7, 11) is 2.15. The van der Waals surface area contributed by atoms with Gasteiger partial charge in [0.1, 0.15) is 0 Å². The lowest BCUT2D eigenvalue weighted by atomic mass is 9.84. The maximum absolute atomic E-state index is 11.4. The van der Waals surface area contributed by atoms with Crippen LogP contribution < -0.4 is 5.73 Å². The standard InChI is InChI=1S/C16H24N2O2/c1-18-9-4-5-12(8-10-18)13-6-2-3-7-14(13)15(11-17)16(19)20/h2-3,6-7,12,15H,4-5,8-11,17H2,1H3,(H,19,20). The molecule has 1 aliphatic heterocycles. The molecule has 1 aromatic carbocycles. The molecule has 0 radical (unpaired) electrons. The molecule has 2 unspecified atom stereocenters. The maximum Gasteiger partial charge on any atom is 0.312 e. The number of nitrogens with two attached hydrogens (primary N) is 1. The van der Waals surface area contributed by atoms with Crippen molar-refractivity contribution in [2.75, 3.05) is 26.7 Å². The first kappa shape index (κ1) is 15.0. The SMILES string of the molecule is CN1CCCC(c2ccccc2C(CN)C(=O)O)CC1. The summed E-state index contributed by atoms with van der Waals surface area (Å²) >= 11 is 0. The number of likely N-dealkylation sites (tertiary alicyclic amines) is 1. The average Bonchev–Trinajstić information content (AvgIpc) is 2.65. The predicted molar refractivity (Wildman–Crippen MR) is 80.0 cm³/mol. The molecule has 0 aromatic heterocycles. The van der Waals surface area contributed by atoms with E-state index >= 15 is 0 Å². The predicted octanol–water partition coefficient (Wildman–Crippen LogP) is 2.01. The molecule has 1 saturated heterocycles. The first-order valence-corrected chi connectivity index (χ1v) is 7.33. The van der Waals surface area contributed by atoms with Crippen molar-refractivity contribution in [3.8, 4) is 0 Å². The van der Waals surface area contributed by atoms with E-state index in [-0.39, 0.29) is 6.54 Å². The molecule has 4 heteroatoms. The highest BCUT2D eigenvalue weighted by molar-refractivity contribution is 5.77. The normalized spacial score (nSPS) is 22.2. The number of carboxylic acid groups (broad SMARTS) is 1. The topological polar surface area (TPSA) is 66.6 Å². The summed E-state index contributed by atoms with van der Waals surface area (Å²) in [5, 5.41) is 9.36. The van der Waals surface area contributed by atoms with Gasteiger partial charge in [0.2, 0.25) is 0 Å². The average molecular weight is 276 g/mol. The molecule has 20 heavy (non-hydrogen) atoms. The van der Waals surface area contributed by atoms with Gasteiger partial charge in [-0.15, -0.1) is 0 Å². The molecule has 1 aliphatic rings. The van der Waals surface area contributed by atoms with Gasteiger partial charge >= 0.3 is 5.97 Å². The Morgan fingerprint density at radius 3 is 2.85 bits per heavy atom. The molecule has 0 spiro atoms. The molecule has 1 heterocycles. The highest BCUT2D eigenvalue weighted by Crippen LogP contribution is 2.33. The Hall–Kier alpha value is -1.39. The van der Waals surface area contributed by atoms with E-state index in [0.717, 1.165) is 37.9 Å². The second-order valence-electron chi connectivity index (χ2n) is 5.69. The fourth-order valence-electron chi connectivity index (χ4n) is 3.11. The quantitative estimate of drug-likeness (QED) is 0.883. The maximum atomic E-state index is 11.4. The Balaban J connectivity index is 2.29. The Kier molecular flexibility index (Phi) is 5.15. The van der Waals surface area contributed by atoms with Crippen molar-refractivity contribution in [2.45, 2.75) is 31.1 Å². The van der Waals surface area contributed by atoms with Crippen molar-refractivity contribution in [1.82, 2.24) is 4.90 Å². The minimum atomic E-state index is -0.828. The van der Waals surface area contributed by atoms with Gasteiger partial charge in [0.25, 0.3) is 0 Å². The number of aliphatic carboxylic acids is 1. The number of hydrogen-bond acceptors (Lipinski definition) is 3. The zero-order valence-corrected chi connectivity index (χ0v) is 12.1. The third-order valence-electron chi connectivity index (χ3n) is 4.30. The molecule has 0 aliphatic carbocycles. The zero-order valence-electron chi connectivity index (χ0n) is 12.1. The van der Waals surface area contributed by atoms with E-state index in [1.807, 2.05) is 18.2 Å². The Morgan fingerprint density at radius 1 is 1.40 bits per heavy atom. The van der Waals surface area contributed by atoms with Crippen molar-refractivity contribution in [1.29, 1.82) is 0 Å². The lowest BCUT2D eigenvalue weighted by molar-refractivity contribution is -0.138. The first-order chi connectivity index (χ1) is 9.63. The molecule has 4 nitrogen and oxygen atoms in total. The number of carbonyl (C=O) groups is 1. The van der Waals surface area contributed by atoms with Crippen LogP contribution in [-0.4, -0.2) is 42.7 Å². The molecule has 3 N–H and O–H groups in total. The van der Waals surface area contributed by atoms with Crippen molar-refractivity contribution in [3.63, 3.8) is 0 Å². The summed E-state index contributed by atoms with van der Waals surface area (Å²) in [5.74, 6) is -0.970. The van der Waals surface area contributed by atoms with Crippen LogP contribution in [0.4, 0.5) is 0 Å². The van der Waals surface area contributed by atoms with Crippen molar-refractivity contribution in [3.05, 3.63) is 35.4 Å². The second kappa shape index (κ2) is 6.86.